The molecular weight excluding hydrogens is 374 g/mol. The van der Waals surface area contributed by atoms with Crippen LogP contribution in [0.1, 0.15) is 34.5 Å². The molecule has 24 heavy (non-hydrogen) atoms. The number of nitrogens with one attached hydrogen (secondary N) is 1. The van der Waals surface area contributed by atoms with Gasteiger partial charge in [-0.3, -0.25) is 4.79 Å². The number of ether oxygens (including phenoxy) is 1. The molecule has 0 saturated heterocycles. The van der Waals surface area contributed by atoms with Crippen LogP contribution in [0.25, 0.3) is 0 Å². The maximum Gasteiger partial charge on any atom is 0.338 e. The summed E-state index contributed by atoms with van der Waals surface area (Å²) in [5.74, 6) is -0.957. The third-order valence-corrected chi connectivity index (χ3v) is 4.18. The predicted molar refractivity (Wildman–Crippen MR) is 93.3 cm³/mol. The lowest BCUT2D eigenvalue weighted by atomic mass is 10.1. The van der Waals surface area contributed by atoms with Crippen LogP contribution < -0.4 is 5.32 Å². The summed E-state index contributed by atoms with van der Waals surface area (Å²) < 4.78 is 5.91. The first-order valence-corrected chi connectivity index (χ1v) is 8.21. The number of amides is 1. The van der Waals surface area contributed by atoms with Crippen LogP contribution in [0.3, 0.4) is 0 Å². The van der Waals surface area contributed by atoms with Crippen LogP contribution in [0.4, 0.5) is 0 Å². The molecule has 0 aliphatic heterocycles. The molecule has 0 fully saturated rings. The van der Waals surface area contributed by atoms with Crippen molar-refractivity contribution in [3.63, 3.8) is 0 Å². The SMILES string of the molecule is C[C@H](NC(=O)COC(=O)c1ccc(CO)cc1)c1ccccc1Br. The van der Waals surface area contributed by atoms with Gasteiger partial charge in [0, 0.05) is 4.47 Å². The Labute approximate surface area is 148 Å². The summed E-state index contributed by atoms with van der Waals surface area (Å²) in [5, 5.41) is 11.8. The minimum absolute atomic E-state index is 0.0926. The lowest BCUT2D eigenvalue weighted by molar-refractivity contribution is -0.124. The second kappa shape index (κ2) is 8.61. The Hall–Kier alpha value is -2.18. The quantitative estimate of drug-likeness (QED) is 0.742. The van der Waals surface area contributed by atoms with Gasteiger partial charge < -0.3 is 15.2 Å². The number of carbonyl (C=O) groups is 2. The summed E-state index contributed by atoms with van der Waals surface area (Å²) in [5.41, 5.74) is 1.97. The molecule has 0 aromatic heterocycles. The normalized spacial score (nSPS) is 11.6. The zero-order valence-electron chi connectivity index (χ0n) is 13.2. The highest BCUT2D eigenvalue weighted by Gasteiger charge is 2.14. The Morgan fingerprint density at radius 1 is 1.17 bits per heavy atom. The van der Waals surface area contributed by atoms with Crippen LogP contribution >= 0.6 is 15.9 Å². The summed E-state index contributed by atoms with van der Waals surface area (Å²) in [7, 11) is 0. The van der Waals surface area contributed by atoms with E-state index in [0.29, 0.717) is 11.1 Å². The summed E-state index contributed by atoms with van der Waals surface area (Å²) in [6.45, 7) is 1.41. The van der Waals surface area contributed by atoms with Gasteiger partial charge in [0.25, 0.3) is 5.91 Å². The van der Waals surface area contributed by atoms with Crippen LogP contribution in [0, 0.1) is 0 Å². The number of hydrogen-bond donors (Lipinski definition) is 2. The second-order valence-corrected chi connectivity index (χ2v) is 6.10. The number of esters is 1. The van der Waals surface area contributed by atoms with E-state index in [1.54, 1.807) is 24.3 Å². The molecule has 2 aromatic carbocycles. The van der Waals surface area contributed by atoms with Crippen molar-refractivity contribution in [2.45, 2.75) is 19.6 Å². The van der Waals surface area contributed by atoms with Gasteiger partial charge >= 0.3 is 5.97 Å². The van der Waals surface area contributed by atoms with Crippen molar-refractivity contribution in [1.82, 2.24) is 5.32 Å². The third-order valence-electron chi connectivity index (χ3n) is 3.46. The molecule has 2 aromatic rings. The average Bonchev–Trinajstić information content (AvgIpc) is 2.60. The predicted octanol–water partition coefficient (Wildman–Crippen LogP) is 2.98. The van der Waals surface area contributed by atoms with E-state index in [2.05, 4.69) is 21.2 Å². The molecule has 2 rings (SSSR count). The molecule has 0 spiro atoms. The van der Waals surface area contributed by atoms with E-state index in [1.165, 1.54) is 0 Å². The highest BCUT2D eigenvalue weighted by molar-refractivity contribution is 9.10. The van der Waals surface area contributed by atoms with E-state index < -0.39 is 5.97 Å². The van der Waals surface area contributed by atoms with E-state index in [4.69, 9.17) is 9.84 Å². The number of aliphatic hydroxyl groups is 1. The first-order chi connectivity index (χ1) is 11.5. The number of rotatable bonds is 6. The van der Waals surface area contributed by atoms with Crippen molar-refractivity contribution < 1.29 is 19.4 Å². The van der Waals surface area contributed by atoms with E-state index in [9.17, 15) is 9.59 Å². The lowest BCUT2D eigenvalue weighted by Crippen LogP contribution is -2.31. The summed E-state index contributed by atoms with van der Waals surface area (Å²) in [4.78, 5) is 23.8. The van der Waals surface area contributed by atoms with Crippen molar-refractivity contribution in [3.05, 3.63) is 69.7 Å². The Bertz CT molecular complexity index is 715. The molecule has 5 nitrogen and oxygen atoms in total. The van der Waals surface area contributed by atoms with Gasteiger partial charge in [-0.25, -0.2) is 4.79 Å². The smallest absolute Gasteiger partial charge is 0.338 e. The van der Waals surface area contributed by atoms with E-state index in [0.717, 1.165) is 10.0 Å². The maximum atomic E-state index is 11.9. The van der Waals surface area contributed by atoms with Crippen LogP contribution in [0.2, 0.25) is 0 Å². The Balaban J connectivity index is 1.86. The van der Waals surface area contributed by atoms with Crippen LogP contribution in [0.5, 0.6) is 0 Å². The third kappa shape index (κ3) is 4.91. The van der Waals surface area contributed by atoms with Crippen LogP contribution in [0.15, 0.2) is 53.0 Å². The molecule has 2 N–H and O–H groups in total. The van der Waals surface area contributed by atoms with Gasteiger partial charge in [0.1, 0.15) is 0 Å². The first kappa shape index (κ1) is 18.2. The van der Waals surface area contributed by atoms with Crippen LogP contribution in [-0.2, 0) is 16.1 Å². The topological polar surface area (TPSA) is 75.6 Å². The number of hydrogen-bond acceptors (Lipinski definition) is 4. The number of halogens is 1. The van der Waals surface area contributed by atoms with Gasteiger partial charge in [-0.05, 0) is 36.2 Å². The second-order valence-electron chi connectivity index (χ2n) is 5.24. The van der Waals surface area contributed by atoms with E-state index >= 15 is 0 Å². The fourth-order valence-electron chi connectivity index (χ4n) is 2.15. The van der Waals surface area contributed by atoms with Gasteiger partial charge in [-0.1, -0.05) is 46.3 Å². The van der Waals surface area contributed by atoms with E-state index in [-0.39, 0.29) is 25.2 Å². The van der Waals surface area contributed by atoms with Gasteiger partial charge in [0.15, 0.2) is 6.61 Å². The average molecular weight is 392 g/mol. The largest absolute Gasteiger partial charge is 0.452 e. The molecule has 1 atom stereocenters. The van der Waals surface area contributed by atoms with Gasteiger partial charge in [0.05, 0.1) is 18.2 Å². The fourth-order valence-corrected chi connectivity index (χ4v) is 2.78. The first-order valence-electron chi connectivity index (χ1n) is 7.42. The summed E-state index contributed by atoms with van der Waals surface area (Å²) in [6.07, 6.45) is 0. The van der Waals surface area contributed by atoms with Crippen molar-refractivity contribution in [1.29, 1.82) is 0 Å². The number of carbonyl (C=O) groups excluding carboxylic acids is 2. The molecule has 0 radical (unpaired) electrons. The highest BCUT2D eigenvalue weighted by Crippen LogP contribution is 2.22. The van der Waals surface area contributed by atoms with Gasteiger partial charge in [-0.2, -0.15) is 0 Å². The molecule has 6 heteroatoms. The van der Waals surface area contributed by atoms with Gasteiger partial charge in [-0.15, -0.1) is 0 Å². The maximum absolute atomic E-state index is 11.9. The highest BCUT2D eigenvalue weighted by atomic mass is 79.9. The Morgan fingerprint density at radius 2 is 1.83 bits per heavy atom. The minimum atomic E-state index is -0.580. The molecule has 1 amide bonds. The van der Waals surface area contributed by atoms with Crippen molar-refractivity contribution in [3.8, 4) is 0 Å². The fraction of sp³-hybridized carbons (Fsp3) is 0.222. The number of aliphatic hydroxyl groups excluding tert-OH is 1. The van der Waals surface area contributed by atoms with Crippen molar-refractivity contribution >= 4 is 27.8 Å². The number of benzene rings is 2. The van der Waals surface area contributed by atoms with Gasteiger partial charge in [0.2, 0.25) is 0 Å². The molecule has 0 aliphatic rings. The zero-order valence-corrected chi connectivity index (χ0v) is 14.7. The molecule has 0 heterocycles. The van der Waals surface area contributed by atoms with E-state index in [1.807, 2.05) is 31.2 Å². The molecule has 0 unspecified atom stereocenters. The lowest BCUT2D eigenvalue weighted by Gasteiger charge is -2.15. The standard InChI is InChI=1S/C18H18BrNO4/c1-12(15-4-2-3-5-16(15)19)20-17(22)11-24-18(23)14-8-6-13(10-21)7-9-14/h2-9,12,21H,10-11H2,1H3,(H,20,22)/t12-/m0/s1. The van der Waals surface area contributed by atoms with Crippen LogP contribution in [-0.4, -0.2) is 23.6 Å². The van der Waals surface area contributed by atoms with Crippen molar-refractivity contribution in [2.24, 2.45) is 0 Å². The minimum Gasteiger partial charge on any atom is -0.452 e. The summed E-state index contributed by atoms with van der Waals surface area (Å²) >= 11 is 3.44. The van der Waals surface area contributed by atoms with Crippen molar-refractivity contribution in [2.75, 3.05) is 6.61 Å². The molecule has 0 bridgehead atoms. The Morgan fingerprint density at radius 3 is 2.46 bits per heavy atom. The monoisotopic (exact) mass is 391 g/mol. The zero-order chi connectivity index (χ0) is 17.5. The Kier molecular flexibility index (Phi) is 6.52. The molecular formula is C18H18BrNO4. The molecule has 0 saturated carbocycles. The summed E-state index contributed by atoms with van der Waals surface area (Å²) in [6, 6.07) is 13.7. The molecule has 0 aliphatic carbocycles. The molecule has 126 valence electrons.